The molecule has 1 unspecified atom stereocenters. The van der Waals surface area contributed by atoms with E-state index in [-0.39, 0.29) is 5.25 Å². The highest BCUT2D eigenvalue weighted by Crippen LogP contribution is 2.46. The third-order valence-electron chi connectivity index (χ3n) is 3.53. The largest absolute Gasteiger partial charge is 0.215 e. The van der Waals surface area contributed by atoms with Gasteiger partial charge in [-0.15, -0.1) is 5.10 Å². The molecule has 0 aliphatic carbocycles. The topological polar surface area (TPSA) is 43.6 Å². The van der Waals surface area contributed by atoms with E-state index in [0.29, 0.717) is 0 Å². The van der Waals surface area contributed by atoms with Gasteiger partial charge in [0, 0.05) is 0 Å². The van der Waals surface area contributed by atoms with Gasteiger partial charge in [0.05, 0.1) is 10.9 Å². The van der Waals surface area contributed by atoms with Gasteiger partial charge in [-0.1, -0.05) is 60.3 Å². The van der Waals surface area contributed by atoms with Crippen LogP contribution in [0.5, 0.6) is 0 Å². The lowest BCUT2D eigenvalue weighted by Crippen LogP contribution is -2.14. The number of hydrogen-bond donors (Lipinski definition) is 0. The lowest BCUT2D eigenvalue weighted by Gasteiger charge is -2.25. The van der Waals surface area contributed by atoms with Crippen LogP contribution in [0, 0.1) is 6.92 Å². The number of thioether (sulfide) groups is 1. The number of fused-ring (bicyclic) bond motifs is 3. The molecule has 0 fully saturated rings. The molecule has 0 amide bonds. The maximum absolute atomic E-state index is 4.14. The van der Waals surface area contributed by atoms with Crippen molar-refractivity contribution >= 4 is 11.8 Å². The number of hydrogen-bond acceptors (Lipinski definition) is 4. The Morgan fingerprint density at radius 1 is 1.05 bits per heavy atom. The van der Waals surface area contributed by atoms with Crippen LogP contribution in [-0.4, -0.2) is 20.2 Å². The van der Waals surface area contributed by atoms with Gasteiger partial charge >= 0.3 is 0 Å². The minimum Gasteiger partial charge on any atom is -0.187 e. The molecule has 1 aromatic heterocycles. The first kappa shape index (κ1) is 11.7. The number of tetrazole rings is 1. The summed E-state index contributed by atoms with van der Waals surface area (Å²) in [6, 6.07) is 16.9. The van der Waals surface area contributed by atoms with Crippen LogP contribution < -0.4 is 0 Å². The number of para-hydroxylation sites is 1. The molecular formula is C15H12N4S. The molecular weight excluding hydrogens is 268 g/mol. The third-order valence-corrected chi connectivity index (χ3v) is 4.76. The molecule has 0 bridgehead atoms. The highest BCUT2D eigenvalue weighted by Gasteiger charge is 2.29. The van der Waals surface area contributed by atoms with E-state index in [1.54, 1.807) is 11.8 Å². The zero-order valence-electron chi connectivity index (χ0n) is 10.9. The average molecular weight is 280 g/mol. The number of rotatable bonds is 1. The smallest absolute Gasteiger partial charge is 0.187 e. The fourth-order valence-corrected chi connectivity index (χ4v) is 3.75. The zero-order valence-corrected chi connectivity index (χ0v) is 11.7. The molecule has 1 aliphatic rings. The summed E-state index contributed by atoms with van der Waals surface area (Å²) in [4.78, 5) is 0. The molecule has 0 N–H and O–H groups in total. The average Bonchev–Trinajstić information content (AvgIpc) is 2.95. The molecule has 20 heavy (non-hydrogen) atoms. The highest BCUT2D eigenvalue weighted by molar-refractivity contribution is 7.99. The second-order valence-corrected chi connectivity index (χ2v) is 5.87. The Morgan fingerprint density at radius 3 is 2.75 bits per heavy atom. The lowest BCUT2D eigenvalue weighted by molar-refractivity contribution is 0.733. The Hall–Kier alpha value is -2.14. The Morgan fingerprint density at radius 2 is 1.90 bits per heavy atom. The van der Waals surface area contributed by atoms with E-state index in [2.05, 4.69) is 64.9 Å². The van der Waals surface area contributed by atoms with Crippen LogP contribution in [0.3, 0.4) is 0 Å². The summed E-state index contributed by atoms with van der Waals surface area (Å²) in [5, 5.41) is 13.2. The van der Waals surface area contributed by atoms with E-state index in [9.17, 15) is 0 Å². The number of nitrogens with zero attached hydrogens (tertiary/aromatic N) is 4. The van der Waals surface area contributed by atoms with Crippen molar-refractivity contribution in [2.75, 3.05) is 0 Å². The van der Waals surface area contributed by atoms with Gasteiger partial charge in [-0.25, -0.2) is 0 Å². The summed E-state index contributed by atoms with van der Waals surface area (Å²) in [7, 11) is 0. The summed E-state index contributed by atoms with van der Waals surface area (Å²) in [6.45, 7) is 2.10. The van der Waals surface area contributed by atoms with Gasteiger partial charge < -0.3 is 0 Å². The van der Waals surface area contributed by atoms with Crippen LogP contribution in [0.2, 0.25) is 0 Å². The first-order chi connectivity index (χ1) is 9.84. The molecule has 0 saturated carbocycles. The first-order valence-electron chi connectivity index (χ1n) is 6.44. The number of aromatic nitrogens is 4. The van der Waals surface area contributed by atoms with Crippen LogP contribution in [0.15, 0.2) is 53.7 Å². The molecule has 0 radical (unpaired) electrons. The molecule has 5 heteroatoms. The van der Waals surface area contributed by atoms with Gasteiger partial charge in [0.1, 0.15) is 0 Å². The molecule has 2 aromatic carbocycles. The van der Waals surface area contributed by atoms with Crippen molar-refractivity contribution < 1.29 is 0 Å². The quantitative estimate of drug-likeness (QED) is 0.686. The van der Waals surface area contributed by atoms with Crippen molar-refractivity contribution in [3.63, 3.8) is 0 Å². The maximum Gasteiger partial charge on any atom is 0.215 e. The van der Waals surface area contributed by atoms with Crippen molar-refractivity contribution in [1.29, 1.82) is 0 Å². The summed E-state index contributed by atoms with van der Waals surface area (Å²) in [5.74, 6) is 0. The van der Waals surface area contributed by atoms with Crippen molar-refractivity contribution in [2.45, 2.75) is 17.3 Å². The molecule has 0 spiro atoms. The van der Waals surface area contributed by atoms with E-state index in [1.807, 2.05) is 10.7 Å². The van der Waals surface area contributed by atoms with Crippen molar-refractivity contribution in [2.24, 2.45) is 0 Å². The summed E-state index contributed by atoms with van der Waals surface area (Å²) in [6.07, 6.45) is 0. The van der Waals surface area contributed by atoms with Crippen LogP contribution in [0.25, 0.3) is 5.69 Å². The fraction of sp³-hybridized carbons (Fsp3) is 0.133. The summed E-state index contributed by atoms with van der Waals surface area (Å²) >= 11 is 1.69. The predicted molar refractivity (Wildman–Crippen MR) is 78.0 cm³/mol. The Balaban J connectivity index is 1.97. The van der Waals surface area contributed by atoms with E-state index in [1.165, 1.54) is 16.7 Å². The zero-order chi connectivity index (χ0) is 13.5. The lowest BCUT2D eigenvalue weighted by atomic mass is 10.00. The molecule has 1 aliphatic heterocycles. The van der Waals surface area contributed by atoms with E-state index >= 15 is 0 Å². The fourth-order valence-electron chi connectivity index (χ4n) is 2.62. The van der Waals surface area contributed by atoms with Gasteiger partial charge in [-0.05, 0) is 34.0 Å². The van der Waals surface area contributed by atoms with Crippen LogP contribution in [0.4, 0.5) is 0 Å². The SMILES string of the molecule is Cc1cccc2c1-n1nnnc1SC2c1ccccc1. The minimum atomic E-state index is 0.240. The molecule has 4 nitrogen and oxygen atoms in total. The van der Waals surface area contributed by atoms with Crippen molar-refractivity contribution in [1.82, 2.24) is 20.2 Å². The minimum absolute atomic E-state index is 0.240. The van der Waals surface area contributed by atoms with Gasteiger partial charge in [0.25, 0.3) is 0 Å². The van der Waals surface area contributed by atoms with Crippen LogP contribution >= 0.6 is 11.8 Å². The summed E-state index contributed by atoms with van der Waals surface area (Å²) < 4.78 is 1.84. The highest BCUT2D eigenvalue weighted by atomic mass is 32.2. The Bertz CT molecular complexity index is 767. The Kier molecular flexibility index (Phi) is 2.60. The maximum atomic E-state index is 4.14. The molecule has 0 saturated heterocycles. The number of benzene rings is 2. The second-order valence-electron chi connectivity index (χ2n) is 4.79. The van der Waals surface area contributed by atoms with Gasteiger partial charge in [0.2, 0.25) is 5.16 Å². The molecule has 98 valence electrons. The van der Waals surface area contributed by atoms with Crippen molar-refractivity contribution in [3.05, 3.63) is 65.2 Å². The molecule has 3 aromatic rings. The van der Waals surface area contributed by atoms with Crippen LogP contribution in [0.1, 0.15) is 21.9 Å². The van der Waals surface area contributed by atoms with Gasteiger partial charge in [-0.3, -0.25) is 0 Å². The second kappa shape index (κ2) is 4.45. The van der Waals surface area contributed by atoms with Gasteiger partial charge in [-0.2, -0.15) is 4.68 Å². The van der Waals surface area contributed by atoms with Crippen LogP contribution in [-0.2, 0) is 0 Å². The van der Waals surface area contributed by atoms with E-state index in [4.69, 9.17) is 0 Å². The molecule has 1 atom stereocenters. The molecule has 4 rings (SSSR count). The normalized spacial score (nSPS) is 16.6. The van der Waals surface area contributed by atoms with Crippen molar-refractivity contribution in [3.8, 4) is 5.69 Å². The van der Waals surface area contributed by atoms with E-state index < -0.39 is 0 Å². The monoisotopic (exact) mass is 280 g/mol. The third kappa shape index (κ3) is 1.67. The standard InChI is InChI=1S/C15H12N4S/c1-10-6-5-9-12-13(10)19-15(16-17-18-19)20-14(12)11-7-3-2-4-8-11/h2-9,14H,1H3. The Labute approximate surface area is 120 Å². The molecule has 2 heterocycles. The summed E-state index contributed by atoms with van der Waals surface area (Å²) in [5.41, 5.74) is 4.84. The number of aryl methyl sites for hydroxylation is 1. The van der Waals surface area contributed by atoms with Gasteiger partial charge in [0.15, 0.2) is 0 Å². The first-order valence-corrected chi connectivity index (χ1v) is 7.32. The van der Waals surface area contributed by atoms with E-state index in [0.717, 1.165) is 10.8 Å². The predicted octanol–water partition coefficient (Wildman–Crippen LogP) is 3.17.